The summed E-state index contributed by atoms with van der Waals surface area (Å²) in [4.78, 5) is 3.98. The lowest BCUT2D eigenvalue weighted by atomic mass is 10.0. The molecular formula is C15H15ClN4. The van der Waals surface area contributed by atoms with Crippen molar-refractivity contribution in [3.05, 3.63) is 59.0 Å². The number of pyridine rings is 1. The second-order valence-electron chi connectivity index (χ2n) is 4.80. The standard InChI is InChI=1S/C15H15ClN4/c1-20-15-5-3-2-4-11(15)14(19-20)8-13(17)10-6-7-18-9-12(10)16/h2-7,9,13H,8,17H2,1H3. The number of benzene rings is 1. The lowest BCUT2D eigenvalue weighted by molar-refractivity contribution is 0.681. The van der Waals surface area contributed by atoms with E-state index in [1.165, 1.54) is 0 Å². The van der Waals surface area contributed by atoms with E-state index >= 15 is 0 Å². The van der Waals surface area contributed by atoms with E-state index in [0.29, 0.717) is 11.4 Å². The van der Waals surface area contributed by atoms with Crippen LogP contribution in [0.3, 0.4) is 0 Å². The highest BCUT2D eigenvalue weighted by Gasteiger charge is 2.15. The quantitative estimate of drug-likeness (QED) is 0.805. The van der Waals surface area contributed by atoms with Crippen molar-refractivity contribution in [2.75, 3.05) is 0 Å². The number of fused-ring (bicyclic) bond motifs is 1. The molecule has 2 heterocycles. The molecule has 4 nitrogen and oxygen atoms in total. The maximum atomic E-state index is 6.27. The third-order valence-electron chi connectivity index (χ3n) is 3.45. The third kappa shape index (κ3) is 2.28. The fourth-order valence-corrected chi connectivity index (χ4v) is 2.70. The van der Waals surface area contributed by atoms with Crippen molar-refractivity contribution in [1.29, 1.82) is 0 Å². The Labute approximate surface area is 122 Å². The van der Waals surface area contributed by atoms with Crippen LogP contribution in [0.2, 0.25) is 5.02 Å². The normalized spacial score (nSPS) is 12.8. The molecule has 0 saturated carbocycles. The van der Waals surface area contributed by atoms with Crippen molar-refractivity contribution >= 4 is 22.5 Å². The van der Waals surface area contributed by atoms with Gasteiger partial charge in [0.15, 0.2) is 0 Å². The maximum absolute atomic E-state index is 6.27. The molecule has 5 heteroatoms. The highest BCUT2D eigenvalue weighted by molar-refractivity contribution is 6.31. The van der Waals surface area contributed by atoms with E-state index in [0.717, 1.165) is 22.2 Å². The minimum atomic E-state index is -0.191. The van der Waals surface area contributed by atoms with Gasteiger partial charge < -0.3 is 5.73 Å². The van der Waals surface area contributed by atoms with Gasteiger partial charge in [0.25, 0.3) is 0 Å². The number of aromatic nitrogens is 3. The molecule has 0 spiro atoms. The van der Waals surface area contributed by atoms with Gasteiger partial charge in [0, 0.05) is 37.3 Å². The van der Waals surface area contributed by atoms with E-state index in [-0.39, 0.29) is 6.04 Å². The molecule has 102 valence electrons. The van der Waals surface area contributed by atoms with Crippen molar-refractivity contribution in [3.8, 4) is 0 Å². The van der Waals surface area contributed by atoms with Crippen molar-refractivity contribution in [2.24, 2.45) is 12.8 Å². The molecular weight excluding hydrogens is 272 g/mol. The Morgan fingerprint density at radius 2 is 2.10 bits per heavy atom. The van der Waals surface area contributed by atoms with Crippen LogP contribution in [0.5, 0.6) is 0 Å². The molecule has 1 unspecified atom stereocenters. The van der Waals surface area contributed by atoms with E-state index in [9.17, 15) is 0 Å². The molecule has 0 aliphatic rings. The summed E-state index contributed by atoms with van der Waals surface area (Å²) in [5.74, 6) is 0. The molecule has 1 aromatic carbocycles. The summed E-state index contributed by atoms with van der Waals surface area (Å²) in [7, 11) is 1.94. The van der Waals surface area contributed by atoms with Crippen LogP contribution in [-0.4, -0.2) is 14.8 Å². The molecule has 3 aromatic rings. The zero-order valence-corrected chi connectivity index (χ0v) is 11.9. The Morgan fingerprint density at radius 3 is 2.90 bits per heavy atom. The SMILES string of the molecule is Cn1nc(CC(N)c2ccncc2Cl)c2ccccc21. The number of halogens is 1. The van der Waals surface area contributed by atoms with E-state index < -0.39 is 0 Å². The van der Waals surface area contributed by atoms with Crippen LogP contribution in [0, 0.1) is 0 Å². The molecule has 3 rings (SSSR count). The van der Waals surface area contributed by atoms with Crippen molar-refractivity contribution < 1.29 is 0 Å². The van der Waals surface area contributed by atoms with Gasteiger partial charge in [-0.05, 0) is 17.7 Å². The zero-order valence-electron chi connectivity index (χ0n) is 11.1. The van der Waals surface area contributed by atoms with Gasteiger partial charge in [0.05, 0.1) is 16.2 Å². The van der Waals surface area contributed by atoms with Gasteiger partial charge >= 0.3 is 0 Å². The predicted octanol–water partition coefficient (Wildman–Crippen LogP) is 2.86. The highest BCUT2D eigenvalue weighted by Crippen LogP contribution is 2.25. The fourth-order valence-electron chi connectivity index (χ4n) is 2.44. The van der Waals surface area contributed by atoms with Gasteiger partial charge in [-0.2, -0.15) is 5.10 Å². The summed E-state index contributed by atoms with van der Waals surface area (Å²) in [6.07, 6.45) is 3.97. The molecule has 2 N–H and O–H groups in total. The zero-order chi connectivity index (χ0) is 14.1. The lowest BCUT2D eigenvalue weighted by Crippen LogP contribution is -2.14. The van der Waals surface area contributed by atoms with Gasteiger partial charge in [-0.15, -0.1) is 0 Å². The Morgan fingerprint density at radius 1 is 1.30 bits per heavy atom. The number of nitrogens with two attached hydrogens (primary N) is 1. The molecule has 0 amide bonds. The average Bonchev–Trinajstić information content (AvgIpc) is 2.76. The maximum Gasteiger partial charge on any atom is 0.0722 e. The van der Waals surface area contributed by atoms with Crippen LogP contribution in [-0.2, 0) is 13.5 Å². The molecule has 0 aliphatic heterocycles. The van der Waals surface area contributed by atoms with Gasteiger partial charge in [-0.3, -0.25) is 9.67 Å². The summed E-state index contributed by atoms with van der Waals surface area (Å²) < 4.78 is 1.88. The molecule has 0 radical (unpaired) electrons. The van der Waals surface area contributed by atoms with E-state index in [1.807, 2.05) is 29.9 Å². The second-order valence-corrected chi connectivity index (χ2v) is 5.20. The topological polar surface area (TPSA) is 56.7 Å². The average molecular weight is 287 g/mol. The smallest absolute Gasteiger partial charge is 0.0722 e. The summed E-state index contributed by atoms with van der Waals surface area (Å²) in [6, 6.07) is 9.81. The van der Waals surface area contributed by atoms with Gasteiger partial charge in [-0.1, -0.05) is 29.8 Å². The van der Waals surface area contributed by atoms with Crippen LogP contribution < -0.4 is 5.73 Å². The van der Waals surface area contributed by atoms with E-state index in [4.69, 9.17) is 17.3 Å². The highest BCUT2D eigenvalue weighted by atomic mass is 35.5. The first-order valence-electron chi connectivity index (χ1n) is 6.42. The van der Waals surface area contributed by atoms with Crippen LogP contribution in [0.15, 0.2) is 42.7 Å². The lowest BCUT2D eigenvalue weighted by Gasteiger charge is -2.12. The summed E-state index contributed by atoms with van der Waals surface area (Å²) >= 11 is 6.14. The fraction of sp³-hybridized carbons (Fsp3) is 0.200. The number of rotatable bonds is 3. The number of hydrogen-bond acceptors (Lipinski definition) is 3. The Bertz CT molecular complexity index is 750. The Hall–Kier alpha value is -1.91. The summed E-state index contributed by atoms with van der Waals surface area (Å²) in [5.41, 5.74) is 9.26. The second kappa shape index (κ2) is 5.23. The van der Waals surface area contributed by atoms with Crippen molar-refractivity contribution in [2.45, 2.75) is 12.5 Å². The van der Waals surface area contributed by atoms with Gasteiger partial charge in [-0.25, -0.2) is 0 Å². The van der Waals surface area contributed by atoms with Crippen LogP contribution in [0.25, 0.3) is 10.9 Å². The number of para-hydroxylation sites is 1. The first kappa shape index (κ1) is 13.1. The minimum Gasteiger partial charge on any atom is -0.324 e. The van der Waals surface area contributed by atoms with Crippen LogP contribution in [0.1, 0.15) is 17.3 Å². The molecule has 2 aromatic heterocycles. The monoisotopic (exact) mass is 286 g/mol. The molecule has 0 saturated heterocycles. The van der Waals surface area contributed by atoms with E-state index in [2.05, 4.69) is 22.2 Å². The molecule has 0 fully saturated rings. The predicted molar refractivity (Wildman–Crippen MR) is 80.6 cm³/mol. The van der Waals surface area contributed by atoms with Gasteiger partial charge in [0.2, 0.25) is 0 Å². The van der Waals surface area contributed by atoms with Crippen molar-refractivity contribution in [1.82, 2.24) is 14.8 Å². The Kier molecular flexibility index (Phi) is 3.42. The first-order valence-corrected chi connectivity index (χ1v) is 6.80. The number of hydrogen-bond donors (Lipinski definition) is 1. The third-order valence-corrected chi connectivity index (χ3v) is 3.77. The minimum absolute atomic E-state index is 0.191. The first-order chi connectivity index (χ1) is 9.66. The molecule has 0 aliphatic carbocycles. The summed E-state index contributed by atoms with van der Waals surface area (Å²) in [5, 5.41) is 6.30. The molecule has 0 bridgehead atoms. The largest absolute Gasteiger partial charge is 0.324 e. The molecule has 1 atom stereocenters. The van der Waals surface area contributed by atoms with Crippen molar-refractivity contribution in [3.63, 3.8) is 0 Å². The molecule has 20 heavy (non-hydrogen) atoms. The number of nitrogens with zero attached hydrogens (tertiary/aromatic N) is 3. The Balaban J connectivity index is 1.96. The van der Waals surface area contributed by atoms with E-state index in [1.54, 1.807) is 12.4 Å². The van der Waals surface area contributed by atoms with Crippen LogP contribution in [0.4, 0.5) is 0 Å². The van der Waals surface area contributed by atoms with Gasteiger partial charge in [0.1, 0.15) is 0 Å². The van der Waals surface area contributed by atoms with Crippen LogP contribution >= 0.6 is 11.6 Å². The number of aryl methyl sites for hydroxylation is 1. The summed E-state index contributed by atoms with van der Waals surface area (Å²) in [6.45, 7) is 0.